The van der Waals surface area contributed by atoms with E-state index in [2.05, 4.69) is 5.32 Å². The van der Waals surface area contributed by atoms with E-state index in [1.54, 1.807) is 33.5 Å². The molecule has 1 atom stereocenters. The lowest BCUT2D eigenvalue weighted by Crippen LogP contribution is -2.41. The van der Waals surface area contributed by atoms with Gasteiger partial charge in [-0.3, -0.25) is 4.79 Å². The van der Waals surface area contributed by atoms with Gasteiger partial charge in [-0.2, -0.15) is 0 Å². The largest absolute Gasteiger partial charge is 0.496 e. The molecule has 1 aliphatic rings. The lowest BCUT2D eigenvalue weighted by Gasteiger charge is -2.30. The molecule has 1 heterocycles. The summed E-state index contributed by atoms with van der Waals surface area (Å²) in [7, 11) is 4.75. The number of rotatable bonds is 4. The van der Waals surface area contributed by atoms with Crippen LogP contribution in [-0.4, -0.2) is 27.2 Å². The minimum absolute atomic E-state index is 0.0370. The number of benzene rings is 1. The Kier molecular flexibility index (Phi) is 3.08. The molecule has 1 aliphatic heterocycles. The van der Waals surface area contributed by atoms with Crippen molar-refractivity contribution in [3.8, 4) is 17.2 Å². The fraction of sp³-hybridized carbons (Fsp3) is 0.417. The fourth-order valence-corrected chi connectivity index (χ4v) is 1.91. The number of nitrogens with one attached hydrogen (secondary N) is 1. The Labute approximate surface area is 99.7 Å². The molecule has 0 bridgehead atoms. The van der Waals surface area contributed by atoms with Gasteiger partial charge in [0.1, 0.15) is 17.2 Å². The first-order valence-electron chi connectivity index (χ1n) is 5.29. The van der Waals surface area contributed by atoms with E-state index in [1.165, 1.54) is 0 Å². The van der Waals surface area contributed by atoms with E-state index in [9.17, 15) is 4.79 Å². The monoisotopic (exact) mass is 237 g/mol. The summed E-state index contributed by atoms with van der Waals surface area (Å²) in [6.07, 6.45) is 0.457. The Bertz CT molecular complexity index is 411. The van der Waals surface area contributed by atoms with Crippen LogP contribution in [0.25, 0.3) is 0 Å². The van der Waals surface area contributed by atoms with Gasteiger partial charge in [-0.1, -0.05) is 0 Å². The Morgan fingerprint density at radius 3 is 2.00 bits per heavy atom. The standard InChI is InChI=1S/C12H15NO4/c1-15-7-4-9(16-2)12(10(5-7)17-3)8-6-11(14)13-8/h4-5,8H,6H2,1-3H3,(H,13,14). The maximum Gasteiger partial charge on any atom is 0.222 e. The van der Waals surface area contributed by atoms with Crippen molar-refractivity contribution >= 4 is 5.91 Å². The maximum atomic E-state index is 11.0. The quantitative estimate of drug-likeness (QED) is 0.801. The summed E-state index contributed by atoms with van der Waals surface area (Å²) < 4.78 is 15.8. The van der Waals surface area contributed by atoms with Gasteiger partial charge in [-0.25, -0.2) is 0 Å². The van der Waals surface area contributed by atoms with Crippen LogP contribution in [0.15, 0.2) is 12.1 Å². The lowest BCUT2D eigenvalue weighted by molar-refractivity contribution is -0.128. The van der Waals surface area contributed by atoms with Crippen LogP contribution < -0.4 is 19.5 Å². The van der Waals surface area contributed by atoms with Gasteiger partial charge in [0.05, 0.1) is 39.4 Å². The lowest BCUT2D eigenvalue weighted by atomic mass is 9.95. The smallest absolute Gasteiger partial charge is 0.222 e. The molecule has 1 aromatic carbocycles. The van der Waals surface area contributed by atoms with Crippen molar-refractivity contribution in [1.82, 2.24) is 5.32 Å². The van der Waals surface area contributed by atoms with Crippen LogP contribution in [0, 0.1) is 0 Å². The zero-order chi connectivity index (χ0) is 12.4. The summed E-state index contributed by atoms with van der Waals surface area (Å²) in [5.74, 6) is 2.01. The van der Waals surface area contributed by atoms with Crippen molar-refractivity contribution in [3.63, 3.8) is 0 Å². The Balaban J connectivity index is 2.43. The molecule has 92 valence electrons. The van der Waals surface area contributed by atoms with Gasteiger partial charge in [0.2, 0.25) is 5.91 Å². The molecule has 1 amide bonds. The molecule has 1 aromatic rings. The minimum atomic E-state index is -0.0432. The van der Waals surface area contributed by atoms with E-state index < -0.39 is 0 Å². The predicted octanol–water partition coefficient (Wildman–Crippen LogP) is 1.27. The molecule has 1 saturated heterocycles. The number of amides is 1. The zero-order valence-electron chi connectivity index (χ0n) is 10.1. The van der Waals surface area contributed by atoms with Crippen LogP contribution in [0.2, 0.25) is 0 Å². The summed E-state index contributed by atoms with van der Waals surface area (Å²) >= 11 is 0. The molecular formula is C12H15NO4. The molecule has 2 rings (SSSR count). The topological polar surface area (TPSA) is 56.8 Å². The zero-order valence-corrected chi connectivity index (χ0v) is 10.1. The maximum absolute atomic E-state index is 11.0. The minimum Gasteiger partial charge on any atom is -0.496 e. The van der Waals surface area contributed by atoms with E-state index >= 15 is 0 Å². The summed E-state index contributed by atoms with van der Waals surface area (Å²) in [5.41, 5.74) is 0.857. The van der Waals surface area contributed by atoms with Gasteiger partial charge in [0.15, 0.2) is 0 Å². The highest BCUT2D eigenvalue weighted by Gasteiger charge is 2.32. The van der Waals surface area contributed by atoms with Crippen molar-refractivity contribution in [2.45, 2.75) is 12.5 Å². The Morgan fingerprint density at radius 2 is 1.65 bits per heavy atom. The number of hydrogen-bond acceptors (Lipinski definition) is 4. The molecule has 5 heteroatoms. The third-order valence-corrected chi connectivity index (χ3v) is 2.83. The highest BCUT2D eigenvalue weighted by Crippen LogP contribution is 2.41. The van der Waals surface area contributed by atoms with Gasteiger partial charge in [-0.15, -0.1) is 0 Å². The van der Waals surface area contributed by atoms with Crippen LogP contribution >= 0.6 is 0 Å². The third kappa shape index (κ3) is 2.00. The van der Waals surface area contributed by atoms with E-state index in [1.807, 2.05) is 0 Å². The molecule has 0 radical (unpaired) electrons. The molecule has 1 N–H and O–H groups in total. The van der Waals surface area contributed by atoms with E-state index in [4.69, 9.17) is 14.2 Å². The average Bonchev–Trinajstić information content (AvgIpc) is 2.33. The summed E-state index contributed by atoms with van der Waals surface area (Å²) in [6, 6.07) is 3.52. The SMILES string of the molecule is COc1cc(OC)c(C2CC(=O)N2)c(OC)c1. The fourth-order valence-electron chi connectivity index (χ4n) is 1.91. The van der Waals surface area contributed by atoms with Gasteiger partial charge >= 0.3 is 0 Å². The number of hydrogen-bond donors (Lipinski definition) is 1. The third-order valence-electron chi connectivity index (χ3n) is 2.83. The highest BCUT2D eigenvalue weighted by molar-refractivity contribution is 5.84. The van der Waals surface area contributed by atoms with Gasteiger partial charge in [-0.05, 0) is 0 Å². The predicted molar refractivity (Wildman–Crippen MR) is 61.6 cm³/mol. The van der Waals surface area contributed by atoms with Crippen molar-refractivity contribution in [2.24, 2.45) is 0 Å². The number of carbonyl (C=O) groups is 1. The second-order valence-corrected chi connectivity index (χ2v) is 3.77. The molecule has 1 unspecified atom stereocenters. The van der Waals surface area contributed by atoms with Gasteiger partial charge in [0.25, 0.3) is 0 Å². The molecule has 0 spiro atoms. The average molecular weight is 237 g/mol. The summed E-state index contributed by atoms with van der Waals surface area (Å²) in [6.45, 7) is 0. The van der Waals surface area contributed by atoms with Crippen molar-refractivity contribution in [3.05, 3.63) is 17.7 Å². The number of β-lactam (4-membered cyclic amide) rings is 1. The molecule has 17 heavy (non-hydrogen) atoms. The van der Waals surface area contributed by atoms with Crippen LogP contribution in [0.5, 0.6) is 17.2 Å². The second kappa shape index (κ2) is 4.53. The molecule has 1 fully saturated rings. The Morgan fingerprint density at radius 1 is 1.12 bits per heavy atom. The molecule has 0 aromatic heterocycles. The van der Waals surface area contributed by atoms with Crippen molar-refractivity contribution in [2.75, 3.05) is 21.3 Å². The number of carbonyl (C=O) groups excluding carboxylic acids is 1. The normalized spacial score (nSPS) is 18.1. The Hall–Kier alpha value is -1.91. The van der Waals surface area contributed by atoms with Crippen LogP contribution in [-0.2, 0) is 4.79 Å². The summed E-state index contributed by atoms with van der Waals surface area (Å²) in [4.78, 5) is 11.0. The highest BCUT2D eigenvalue weighted by atomic mass is 16.5. The number of methoxy groups -OCH3 is 3. The number of ether oxygens (including phenoxy) is 3. The van der Waals surface area contributed by atoms with Gasteiger partial charge < -0.3 is 19.5 Å². The van der Waals surface area contributed by atoms with Crippen LogP contribution in [0.1, 0.15) is 18.0 Å². The molecule has 0 aliphatic carbocycles. The molecule has 5 nitrogen and oxygen atoms in total. The first kappa shape index (κ1) is 11.6. The van der Waals surface area contributed by atoms with Crippen LogP contribution in [0.4, 0.5) is 0 Å². The summed E-state index contributed by atoms with van der Waals surface area (Å²) in [5, 5.41) is 2.81. The van der Waals surface area contributed by atoms with E-state index in [-0.39, 0.29) is 11.9 Å². The second-order valence-electron chi connectivity index (χ2n) is 3.77. The van der Waals surface area contributed by atoms with E-state index in [0.717, 1.165) is 5.56 Å². The molecular weight excluding hydrogens is 222 g/mol. The molecule has 0 saturated carbocycles. The van der Waals surface area contributed by atoms with Crippen molar-refractivity contribution in [1.29, 1.82) is 0 Å². The van der Waals surface area contributed by atoms with Gasteiger partial charge in [0, 0.05) is 12.1 Å². The van der Waals surface area contributed by atoms with E-state index in [0.29, 0.717) is 23.7 Å². The first-order valence-corrected chi connectivity index (χ1v) is 5.29. The first-order chi connectivity index (χ1) is 8.19. The van der Waals surface area contributed by atoms with Crippen LogP contribution in [0.3, 0.4) is 0 Å². The van der Waals surface area contributed by atoms with Crippen molar-refractivity contribution < 1.29 is 19.0 Å².